The van der Waals surface area contributed by atoms with Gasteiger partial charge in [-0.25, -0.2) is 12.7 Å². The second-order valence-electron chi connectivity index (χ2n) is 4.77. The Kier molecular flexibility index (Phi) is 2.57. The molecular formula is C9H16ClNO2S. The number of sulfonamides is 1. The predicted octanol–water partition coefficient (Wildman–Crippen LogP) is 1.43. The lowest BCUT2D eigenvalue weighted by atomic mass is 9.93. The second-order valence-corrected chi connectivity index (χ2v) is 7.25. The van der Waals surface area contributed by atoms with Crippen LogP contribution in [0.15, 0.2) is 0 Å². The van der Waals surface area contributed by atoms with Gasteiger partial charge in [0.1, 0.15) is 0 Å². The molecule has 1 atom stereocenters. The van der Waals surface area contributed by atoms with E-state index in [4.69, 9.17) is 11.6 Å². The minimum Gasteiger partial charge on any atom is -0.212 e. The number of alkyl halides is 1. The van der Waals surface area contributed by atoms with Crippen LogP contribution < -0.4 is 0 Å². The largest absolute Gasteiger partial charge is 0.217 e. The molecule has 1 aliphatic carbocycles. The molecule has 0 bridgehead atoms. The maximum Gasteiger partial charge on any atom is 0.217 e. The predicted molar refractivity (Wildman–Crippen MR) is 57.0 cm³/mol. The molecule has 5 heteroatoms. The van der Waals surface area contributed by atoms with E-state index in [0.29, 0.717) is 19.0 Å². The number of rotatable bonds is 3. The number of hydrogen-bond donors (Lipinski definition) is 0. The Balaban J connectivity index is 2.08. The Bertz CT molecular complexity index is 326. The lowest BCUT2D eigenvalue weighted by Crippen LogP contribution is -2.34. The van der Waals surface area contributed by atoms with Gasteiger partial charge in [-0.2, -0.15) is 0 Å². The van der Waals surface area contributed by atoms with Crippen molar-refractivity contribution in [1.82, 2.24) is 4.31 Å². The summed E-state index contributed by atoms with van der Waals surface area (Å²) in [6.45, 7) is 3.32. The summed E-state index contributed by atoms with van der Waals surface area (Å²) in [5, 5.41) is -0.0832. The molecule has 0 aromatic heterocycles. The maximum absolute atomic E-state index is 11.9. The van der Waals surface area contributed by atoms with Crippen LogP contribution in [-0.4, -0.2) is 36.9 Å². The molecule has 14 heavy (non-hydrogen) atoms. The first-order valence-electron chi connectivity index (χ1n) is 5.03. The smallest absolute Gasteiger partial charge is 0.212 e. The van der Waals surface area contributed by atoms with Gasteiger partial charge >= 0.3 is 0 Å². The molecule has 2 fully saturated rings. The molecule has 0 N–H and O–H groups in total. The minimum absolute atomic E-state index is 0.0104. The molecule has 0 radical (unpaired) electrons. The van der Waals surface area contributed by atoms with Crippen molar-refractivity contribution in [3.05, 3.63) is 0 Å². The molecule has 0 spiro atoms. The van der Waals surface area contributed by atoms with Crippen LogP contribution in [-0.2, 0) is 10.0 Å². The van der Waals surface area contributed by atoms with Gasteiger partial charge in [0.15, 0.2) is 0 Å². The topological polar surface area (TPSA) is 37.4 Å². The quantitative estimate of drug-likeness (QED) is 0.697. The van der Waals surface area contributed by atoms with Crippen molar-refractivity contribution in [3.8, 4) is 0 Å². The zero-order valence-electron chi connectivity index (χ0n) is 8.37. The van der Waals surface area contributed by atoms with E-state index in [1.54, 1.807) is 4.31 Å². The Morgan fingerprint density at radius 2 is 2.14 bits per heavy atom. The highest BCUT2D eigenvalue weighted by molar-refractivity contribution is 7.90. The van der Waals surface area contributed by atoms with Crippen LogP contribution in [0.2, 0.25) is 0 Å². The van der Waals surface area contributed by atoms with Crippen molar-refractivity contribution in [2.24, 2.45) is 5.41 Å². The molecule has 1 unspecified atom stereocenters. The minimum atomic E-state index is -2.97. The highest BCUT2D eigenvalue weighted by atomic mass is 35.5. The van der Waals surface area contributed by atoms with Crippen molar-refractivity contribution in [2.75, 3.05) is 19.0 Å². The van der Waals surface area contributed by atoms with E-state index >= 15 is 0 Å². The van der Waals surface area contributed by atoms with E-state index in [1.807, 2.05) is 0 Å². The molecule has 1 heterocycles. The normalized spacial score (nSPS) is 35.0. The molecule has 0 aromatic rings. The molecule has 2 aliphatic rings. The van der Waals surface area contributed by atoms with Gasteiger partial charge in [0, 0.05) is 19.0 Å². The summed E-state index contributed by atoms with van der Waals surface area (Å²) in [5.74, 6) is 0.545. The van der Waals surface area contributed by atoms with E-state index in [2.05, 4.69) is 6.92 Å². The highest BCUT2D eigenvalue weighted by Crippen LogP contribution is 2.38. The Labute approximate surface area is 90.5 Å². The fourth-order valence-electron chi connectivity index (χ4n) is 1.88. The van der Waals surface area contributed by atoms with Gasteiger partial charge in [0.25, 0.3) is 0 Å². The zero-order chi connectivity index (χ0) is 10.4. The SMILES string of the molecule is CC1(CCl)CCN(S(=O)(=O)C2CC2)C1. The number of nitrogens with zero attached hydrogens (tertiary/aromatic N) is 1. The van der Waals surface area contributed by atoms with Gasteiger partial charge in [-0.3, -0.25) is 0 Å². The molecule has 3 nitrogen and oxygen atoms in total. The van der Waals surface area contributed by atoms with Gasteiger partial charge in [-0.1, -0.05) is 6.92 Å². The third-order valence-corrected chi connectivity index (χ3v) is 6.14. The van der Waals surface area contributed by atoms with Crippen LogP contribution in [0.3, 0.4) is 0 Å². The van der Waals surface area contributed by atoms with Crippen molar-refractivity contribution in [2.45, 2.75) is 31.4 Å². The summed E-state index contributed by atoms with van der Waals surface area (Å²) in [7, 11) is -2.97. The maximum atomic E-state index is 11.9. The second kappa shape index (κ2) is 3.35. The Hall–Kier alpha value is 0.200. The lowest BCUT2D eigenvalue weighted by molar-refractivity contribution is 0.380. The van der Waals surface area contributed by atoms with E-state index < -0.39 is 10.0 Å². The third-order valence-electron chi connectivity index (χ3n) is 3.15. The lowest BCUT2D eigenvalue weighted by Gasteiger charge is -2.21. The third kappa shape index (κ3) is 1.79. The fraction of sp³-hybridized carbons (Fsp3) is 1.00. The first-order valence-corrected chi connectivity index (χ1v) is 7.07. The van der Waals surface area contributed by atoms with Crippen LogP contribution in [0.5, 0.6) is 0 Å². The zero-order valence-corrected chi connectivity index (χ0v) is 9.94. The van der Waals surface area contributed by atoms with Crippen molar-refractivity contribution >= 4 is 21.6 Å². The molecule has 1 aliphatic heterocycles. The average Bonchev–Trinajstić information content (AvgIpc) is 2.91. The molecule has 1 saturated heterocycles. The Morgan fingerprint density at radius 3 is 2.57 bits per heavy atom. The van der Waals surface area contributed by atoms with Crippen LogP contribution in [0, 0.1) is 5.41 Å². The summed E-state index contributed by atoms with van der Waals surface area (Å²) in [6, 6.07) is 0. The number of hydrogen-bond acceptors (Lipinski definition) is 2. The van der Waals surface area contributed by atoms with Crippen LogP contribution >= 0.6 is 11.6 Å². The standard InChI is InChI=1S/C9H16ClNO2S/c1-9(6-10)4-5-11(7-9)14(12,13)8-2-3-8/h8H,2-7H2,1H3. The molecule has 0 amide bonds. The van der Waals surface area contributed by atoms with Gasteiger partial charge in [0.05, 0.1) is 5.25 Å². The van der Waals surface area contributed by atoms with E-state index in [-0.39, 0.29) is 10.7 Å². The van der Waals surface area contributed by atoms with E-state index in [0.717, 1.165) is 19.3 Å². The molecule has 2 rings (SSSR count). The van der Waals surface area contributed by atoms with Gasteiger partial charge in [-0.05, 0) is 24.7 Å². The van der Waals surface area contributed by atoms with Gasteiger partial charge in [-0.15, -0.1) is 11.6 Å². The highest BCUT2D eigenvalue weighted by Gasteiger charge is 2.45. The molecule has 0 aromatic carbocycles. The van der Waals surface area contributed by atoms with E-state index in [1.165, 1.54) is 0 Å². The van der Waals surface area contributed by atoms with E-state index in [9.17, 15) is 8.42 Å². The molecular weight excluding hydrogens is 222 g/mol. The summed E-state index contributed by atoms with van der Waals surface area (Å²) >= 11 is 5.84. The van der Waals surface area contributed by atoms with Gasteiger partial charge in [0.2, 0.25) is 10.0 Å². The Morgan fingerprint density at radius 1 is 1.50 bits per heavy atom. The summed E-state index contributed by atoms with van der Waals surface area (Å²) in [6.07, 6.45) is 2.58. The summed E-state index contributed by atoms with van der Waals surface area (Å²) in [5.41, 5.74) is -0.0104. The van der Waals surface area contributed by atoms with Crippen LogP contribution in [0.4, 0.5) is 0 Å². The monoisotopic (exact) mass is 237 g/mol. The van der Waals surface area contributed by atoms with Crippen LogP contribution in [0.25, 0.3) is 0 Å². The first kappa shape index (κ1) is 10.7. The first-order chi connectivity index (χ1) is 6.48. The molecule has 1 saturated carbocycles. The fourth-order valence-corrected chi connectivity index (χ4v) is 4.09. The molecule has 82 valence electrons. The summed E-state index contributed by atoms with van der Waals surface area (Å²) < 4.78 is 25.4. The van der Waals surface area contributed by atoms with Gasteiger partial charge < -0.3 is 0 Å². The number of halogens is 1. The van der Waals surface area contributed by atoms with Crippen molar-refractivity contribution in [1.29, 1.82) is 0 Å². The summed E-state index contributed by atoms with van der Waals surface area (Å²) in [4.78, 5) is 0. The average molecular weight is 238 g/mol. The van der Waals surface area contributed by atoms with Crippen LogP contribution in [0.1, 0.15) is 26.2 Å². The van der Waals surface area contributed by atoms with Crippen molar-refractivity contribution < 1.29 is 8.42 Å². The van der Waals surface area contributed by atoms with Crippen molar-refractivity contribution in [3.63, 3.8) is 0 Å².